The SMILES string of the molecule is CC(C)(C)c1cc(I)cc(C=Nc2ccccc2-c2nc3c(-c4cccc5ccccc45)cc(-c4cccc5c4oc4ccccc45)cc3s2)c1O. The normalized spacial score (nSPS) is 12.2. The zero-order chi connectivity index (χ0) is 35.6. The number of benzene rings is 7. The Morgan fingerprint density at radius 1 is 0.712 bits per heavy atom. The second-order valence-corrected chi connectivity index (χ2v) is 16.4. The number of hydrogen-bond donors (Lipinski definition) is 1. The molecule has 7 aromatic carbocycles. The molecule has 0 radical (unpaired) electrons. The van der Waals surface area contributed by atoms with Crippen molar-refractivity contribution in [3.05, 3.63) is 148 Å². The van der Waals surface area contributed by atoms with Gasteiger partial charge >= 0.3 is 0 Å². The Bertz CT molecular complexity index is 2870. The quantitative estimate of drug-likeness (QED) is 0.139. The highest BCUT2D eigenvalue weighted by atomic mass is 127. The first kappa shape index (κ1) is 32.6. The molecule has 4 nitrogen and oxygen atoms in total. The van der Waals surface area contributed by atoms with E-state index in [9.17, 15) is 5.11 Å². The van der Waals surface area contributed by atoms with E-state index in [1.165, 1.54) is 10.8 Å². The number of hydrogen-bond acceptors (Lipinski definition) is 5. The van der Waals surface area contributed by atoms with Gasteiger partial charge in [-0.1, -0.05) is 112 Å². The van der Waals surface area contributed by atoms with E-state index in [0.29, 0.717) is 5.56 Å². The molecular formula is C46H33IN2O2S. The van der Waals surface area contributed by atoms with Gasteiger partial charge < -0.3 is 9.52 Å². The Morgan fingerprint density at radius 3 is 2.27 bits per heavy atom. The van der Waals surface area contributed by atoms with Gasteiger partial charge in [-0.25, -0.2) is 4.98 Å². The van der Waals surface area contributed by atoms with Crippen LogP contribution >= 0.6 is 33.9 Å². The van der Waals surface area contributed by atoms with Crippen molar-refractivity contribution in [3.63, 3.8) is 0 Å². The summed E-state index contributed by atoms with van der Waals surface area (Å²) in [5.74, 6) is 0.265. The molecule has 0 atom stereocenters. The second-order valence-electron chi connectivity index (χ2n) is 14.1. The first-order valence-electron chi connectivity index (χ1n) is 17.2. The Kier molecular flexibility index (Phi) is 7.97. The fraction of sp³-hybridized carbons (Fsp3) is 0.0870. The van der Waals surface area contributed by atoms with Crippen LogP contribution in [-0.2, 0) is 5.41 Å². The lowest BCUT2D eigenvalue weighted by Gasteiger charge is -2.21. The summed E-state index contributed by atoms with van der Waals surface area (Å²) in [4.78, 5) is 10.3. The molecule has 6 heteroatoms. The van der Waals surface area contributed by atoms with Gasteiger partial charge in [0, 0.05) is 48.4 Å². The van der Waals surface area contributed by atoms with Crippen LogP contribution in [0.15, 0.2) is 143 Å². The number of halogens is 1. The van der Waals surface area contributed by atoms with Crippen LogP contribution < -0.4 is 0 Å². The third-order valence-electron chi connectivity index (χ3n) is 9.68. The molecule has 0 saturated heterocycles. The van der Waals surface area contributed by atoms with Crippen molar-refractivity contribution in [2.24, 2.45) is 4.99 Å². The highest BCUT2D eigenvalue weighted by molar-refractivity contribution is 14.1. The van der Waals surface area contributed by atoms with Crippen LogP contribution in [0, 0.1) is 3.57 Å². The molecule has 2 aromatic heterocycles. The highest BCUT2D eigenvalue weighted by Gasteiger charge is 2.22. The first-order valence-corrected chi connectivity index (χ1v) is 19.1. The van der Waals surface area contributed by atoms with E-state index in [-0.39, 0.29) is 11.2 Å². The maximum Gasteiger partial charge on any atom is 0.143 e. The predicted molar refractivity (Wildman–Crippen MR) is 227 cm³/mol. The average molecular weight is 805 g/mol. The van der Waals surface area contributed by atoms with Crippen LogP contribution in [0.4, 0.5) is 5.69 Å². The third-order valence-corrected chi connectivity index (χ3v) is 11.3. The lowest BCUT2D eigenvalue weighted by Crippen LogP contribution is -2.12. The van der Waals surface area contributed by atoms with Gasteiger partial charge in [0.1, 0.15) is 21.9 Å². The van der Waals surface area contributed by atoms with Crippen LogP contribution in [0.3, 0.4) is 0 Å². The number of phenols is 1. The minimum atomic E-state index is -0.205. The Labute approximate surface area is 319 Å². The molecule has 9 rings (SSSR count). The number of aromatic nitrogens is 1. The van der Waals surface area contributed by atoms with Crippen LogP contribution in [0.5, 0.6) is 5.75 Å². The Morgan fingerprint density at radius 2 is 1.40 bits per heavy atom. The van der Waals surface area contributed by atoms with Crippen molar-refractivity contribution >= 4 is 88.8 Å². The second kappa shape index (κ2) is 12.7. The predicted octanol–water partition coefficient (Wildman–Crippen LogP) is 13.7. The zero-order valence-corrected chi connectivity index (χ0v) is 31.8. The molecule has 0 saturated carbocycles. The van der Waals surface area contributed by atoms with E-state index in [2.05, 4.69) is 134 Å². The smallest absolute Gasteiger partial charge is 0.143 e. The summed E-state index contributed by atoms with van der Waals surface area (Å²) in [5.41, 5.74) is 10.1. The van der Waals surface area contributed by atoms with Gasteiger partial charge in [-0.05, 0) is 92.4 Å². The minimum absolute atomic E-state index is 0.205. The number of rotatable bonds is 5. The molecule has 9 aromatic rings. The van der Waals surface area contributed by atoms with Gasteiger partial charge in [0.25, 0.3) is 0 Å². The fourth-order valence-corrected chi connectivity index (χ4v) is 8.85. The molecule has 0 bridgehead atoms. The van der Waals surface area contributed by atoms with Crippen molar-refractivity contribution in [2.45, 2.75) is 26.2 Å². The van der Waals surface area contributed by atoms with Gasteiger partial charge in [-0.15, -0.1) is 11.3 Å². The monoisotopic (exact) mass is 804 g/mol. The largest absolute Gasteiger partial charge is 0.507 e. The molecule has 1 N–H and O–H groups in total. The topological polar surface area (TPSA) is 58.6 Å². The molecular weight excluding hydrogens is 771 g/mol. The van der Waals surface area contributed by atoms with Crippen molar-refractivity contribution in [3.8, 4) is 38.6 Å². The first-order chi connectivity index (χ1) is 25.2. The average Bonchev–Trinajstić information content (AvgIpc) is 3.76. The lowest BCUT2D eigenvalue weighted by atomic mass is 9.85. The summed E-state index contributed by atoms with van der Waals surface area (Å²) in [6, 6.07) is 46.3. The number of thiazole rings is 1. The number of aliphatic imine (C=N–C) groups is 1. The summed E-state index contributed by atoms with van der Waals surface area (Å²) in [5, 5.41) is 16.7. The van der Waals surface area contributed by atoms with E-state index in [4.69, 9.17) is 14.4 Å². The molecule has 0 fully saturated rings. The number of aromatic hydroxyl groups is 1. The summed E-state index contributed by atoms with van der Waals surface area (Å²) in [6.45, 7) is 6.32. The highest BCUT2D eigenvalue weighted by Crippen LogP contribution is 2.45. The Balaban J connectivity index is 1.24. The summed E-state index contributed by atoms with van der Waals surface area (Å²) in [7, 11) is 0. The zero-order valence-electron chi connectivity index (χ0n) is 28.8. The van der Waals surface area contributed by atoms with Crippen LogP contribution in [0.2, 0.25) is 0 Å². The molecule has 252 valence electrons. The summed E-state index contributed by atoms with van der Waals surface area (Å²) < 4.78 is 8.64. The molecule has 0 aliphatic heterocycles. The number of phenolic OH excluding ortho intramolecular Hbond substituents is 1. The van der Waals surface area contributed by atoms with E-state index < -0.39 is 0 Å². The number of para-hydroxylation sites is 3. The van der Waals surface area contributed by atoms with Gasteiger partial charge in [-0.2, -0.15) is 0 Å². The van der Waals surface area contributed by atoms with Crippen LogP contribution in [0.1, 0.15) is 31.9 Å². The van der Waals surface area contributed by atoms with Crippen LogP contribution in [-0.4, -0.2) is 16.3 Å². The molecule has 0 unspecified atom stereocenters. The number of furan rings is 1. The van der Waals surface area contributed by atoms with Crippen molar-refractivity contribution in [1.82, 2.24) is 4.98 Å². The van der Waals surface area contributed by atoms with Crippen molar-refractivity contribution in [2.75, 3.05) is 0 Å². The van der Waals surface area contributed by atoms with Crippen LogP contribution in [0.25, 0.3) is 75.8 Å². The summed E-state index contributed by atoms with van der Waals surface area (Å²) in [6.07, 6.45) is 1.77. The molecule has 0 spiro atoms. The van der Waals surface area contributed by atoms with E-state index in [1.54, 1.807) is 17.6 Å². The number of nitrogens with zero attached hydrogens (tertiary/aromatic N) is 2. The maximum atomic E-state index is 11.2. The van der Waals surface area contributed by atoms with Crippen molar-refractivity contribution < 1.29 is 9.52 Å². The minimum Gasteiger partial charge on any atom is -0.507 e. The van der Waals surface area contributed by atoms with Gasteiger partial charge in [0.15, 0.2) is 0 Å². The number of fused-ring (bicyclic) bond motifs is 5. The molecule has 52 heavy (non-hydrogen) atoms. The lowest BCUT2D eigenvalue weighted by molar-refractivity contribution is 0.445. The standard InChI is InChI=1S/C46H33IN2O2S/c1-46(2,3)38-25-30(47)22-29(43(38)50)26-48-39-20-8-6-16-36(39)45-49-42-37(33-18-10-13-27-12-4-5-14-31(27)33)23-28(24-41(42)52-45)32-17-11-19-35-34-15-7-9-21-40(34)51-44(32)35/h4-26,50H,1-3H3. The van der Waals surface area contributed by atoms with E-state index >= 15 is 0 Å². The molecule has 0 aliphatic rings. The fourth-order valence-electron chi connectivity index (χ4n) is 7.14. The van der Waals surface area contributed by atoms with Gasteiger partial charge in [-0.3, -0.25) is 4.99 Å². The van der Waals surface area contributed by atoms with Gasteiger partial charge in [0.05, 0.1) is 15.9 Å². The van der Waals surface area contributed by atoms with Gasteiger partial charge in [0.2, 0.25) is 0 Å². The summed E-state index contributed by atoms with van der Waals surface area (Å²) >= 11 is 3.97. The molecule has 0 aliphatic carbocycles. The van der Waals surface area contributed by atoms with E-state index in [0.717, 1.165) is 79.8 Å². The molecule has 2 heterocycles. The van der Waals surface area contributed by atoms with E-state index in [1.807, 2.05) is 42.5 Å². The third kappa shape index (κ3) is 5.67. The molecule has 0 amide bonds. The maximum absolute atomic E-state index is 11.2. The Hall–Kier alpha value is -5.31. The van der Waals surface area contributed by atoms with Crippen molar-refractivity contribution in [1.29, 1.82) is 0 Å².